The monoisotopic (exact) mass is 286 g/mol. The topological polar surface area (TPSA) is 0 Å². The van der Waals surface area contributed by atoms with E-state index in [9.17, 15) is 0 Å². The Morgan fingerprint density at radius 2 is 1.18 bits per heavy atom. The second kappa shape index (κ2) is 9.36. The Hall–Kier alpha value is -2.60. The van der Waals surface area contributed by atoms with Crippen molar-refractivity contribution in [3.63, 3.8) is 0 Å². The van der Waals surface area contributed by atoms with Gasteiger partial charge in [-0.1, -0.05) is 109 Å². The van der Waals surface area contributed by atoms with Gasteiger partial charge in [0.2, 0.25) is 0 Å². The van der Waals surface area contributed by atoms with Crippen LogP contribution in [0.1, 0.15) is 11.1 Å². The van der Waals surface area contributed by atoms with Crippen molar-refractivity contribution in [3.8, 4) is 0 Å². The van der Waals surface area contributed by atoms with Gasteiger partial charge >= 0.3 is 0 Å². The summed E-state index contributed by atoms with van der Waals surface area (Å²) < 4.78 is 0. The van der Waals surface area contributed by atoms with Crippen molar-refractivity contribution in [3.05, 3.63) is 120 Å². The first-order valence-electron chi connectivity index (χ1n) is 7.60. The second-order valence-electron chi connectivity index (χ2n) is 5.16. The van der Waals surface area contributed by atoms with E-state index in [1.54, 1.807) is 6.08 Å². The molecule has 0 bridgehead atoms. The van der Waals surface area contributed by atoms with Gasteiger partial charge in [-0.15, -0.1) is 0 Å². The molecule has 2 rings (SSSR count). The zero-order valence-corrected chi connectivity index (χ0v) is 12.9. The Morgan fingerprint density at radius 3 is 1.68 bits per heavy atom. The molecule has 0 unspecified atom stereocenters. The fraction of sp³-hybridized carbons (Fsp3) is 0.0909. The van der Waals surface area contributed by atoms with Crippen LogP contribution in [0.5, 0.6) is 0 Å². The lowest BCUT2D eigenvalue weighted by Gasteiger charge is -2.07. The smallest absolute Gasteiger partial charge is 0.00607 e. The normalized spacial score (nSPS) is 10.9. The lowest BCUT2D eigenvalue weighted by molar-refractivity contribution is 1.03. The fourth-order valence-electron chi connectivity index (χ4n) is 2.29. The van der Waals surface area contributed by atoms with E-state index in [0.717, 1.165) is 12.8 Å². The van der Waals surface area contributed by atoms with E-state index in [0.29, 0.717) is 0 Å². The van der Waals surface area contributed by atoms with Crippen LogP contribution in [0.2, 0.25) is 0 Å². The maximum absolute atomic E-state index is 3.67. The highest BCUT2D eigenvalue weighted by atomic mass is 14.1. The predicted molar refractivity (Wildman–Crippen MR) is 96.9 cm³/mol. The molecule has 0 saturated carbocycles. The molecule has 0 aliphatic rings. The molecule has 22 heavy (non-hydrogen) atoms. The molecule has 110 valence electrons. The van der Waals surface area contributed by atoms with Gasteiger partial charge in [-0.3, -0.25) is 0 Å². The third kappa shape index (κ3) is 5.80. The second-order valence-corrected chi connectivity index (χ2v) is 5.16. The van der Waals surface area contributed by atoms with Gasteiger partial charge in [0.15, 0.2) is 0 Å². The number of hydrogen-bond donors (Lipinski definition) is 0. The van der Waals surface area contributed by atoms with E-state index in [2.05, 4.69) is 79.4 Å². The maximum atomic E-state index is 3.67. The van der Waals surface area contributed by atoms with Crippen LogP contribution in [-0.2, 0) is 12.8 Å². The van der Waals surface area contributed by atoms with Crippen molar-refractivity contribution in [2.45, 2.75) is 12.8 Å². The first-order chi connectivity index (χ1) is 10.9. The summed E-state index contributed by atoms with van der Waals surface area (Å²) >= 11 is 0. The summed E-state index contributed by atoms with van der Waals surface area (Å²) in [4.78, 5) is 0. The molecule has 0 N–H and O–H groups in total. The van der Waals surface area contributed by atoms with Crippen LogP contribution in [0.3, 0.4) is 0 Å². The lowest BCUT2D eigenvalue weighted by atomic mass is 9.98. The minimum absolute atomic E-state index is 0.977. The van der Waals surface area contributed by atoms with Gasteiger partial charge < -0.3 is 0 Å². The van der Waals surface area contributed by atoms with Crippen molar-refractivity contribution in [1.82, 2.24) is 0 Å². The third-order valence-corrected chi connectivity index (χ3v) is 3.35. The van der Waals surface area contributed by atoms with Crippen LogP contribution < -0.4 is 0 Å². The molecule has 0 atom stereocenters. The molecule has 0 radical (unpaired) electrons. The van der Waals surface area contributed by atoms with E-state index in [1.165, 1.54) is 16.7 Å². The Labute approximate surface area is 133 Å². The SMILES string of the molecule is C=CC=CC=CC=C(Cc1ccccc1)Cc1ccccc1. The van der Waals surface area contributed by atoms with Crippen LogP contribution >= 0.6 is 0 Å². The molecule has 0 amide bonds. The van der Waals surface area contributed by atoms with Crippen LogP contribution in [0.25, 0.3) is 0 Å². The van der Waals surface area contributed by atoms with Gasteiger partial charge in [-0.2, -0.15) is 0 Å². The first-order valence-corrected chi connectivity index (χ1v) is 7.60. The summed E-state index contributed by atoms with van der Waals surface area (Å²) in [5, 5.41) is 0. The summed E-state index contributed by atoms with van der Waals surface area (Å²) in [6, 6.07) is 21.2. The molecule has 2 aromatic rings. The largest absolute Gasteiger partial charge is 0.0991 e. The summed E-state index contributed by atoms with van der Waals surface area (Å²) in [6.45, 7) is 3.67. The van der Waals surface area contributed by atoms with Crippen molar-refractivity contribution in [1.29, 1.82) is 0 Å². The minimum atomic E-state index is 0.977. The van der Waals surface area contributed by atoms with Crippen LogP contribution in [0.15, 0.2) is 109 Å². The Morgan fingerprint density at radius 1 is 0.682 bits per heavy atom. The molecule has 0 aliphatic carbocycles. The lowest BCUT2D eigenvalue weighted by Crippen LogP contribution is -1.95. The Balaban J connectivity index is 2.12. The van der Waals surface area contributed by atoms with Gasteiger partial charge in [0.25, 0.3) is 0 Å². The van der Waals surface area contributed by atoms with Gasteiger partial charge in [-0.05, 0) is 24.0 Å². The van der Waals surface area contributed by atoms with E-state index in [-0.39, 0.29) is 0 Å². The first kappa shape index (κ1) is 15.8. The average Bonchev–Trinajstić information content (AvgIpc) is 2.56. The average molecular weight is 286 g/mol. The highest BCUT2D eigenvalue weighted by Crippen LogP contribution is 2.14. The van der Waals surface area contributed by atoms with Gasteiger partial charge in [0.05, 0.1) is 0 Å². The van der Waals surface area contributed by atoms with Crippen molar-refractivity contribution in [2.75, 3.05) is 0 Å². The quantitative estimate of drug-likeness (QED) is 0.573. The van der Waals surface area contributed by atoms with Gasteiger partial charge in [0, 0.05) is 0 Å². The predicted octanol–water partition coefficient (Wildman–Crippen LogP) is 5.70. The summed E-state index contributed by atoms with van der Waals surface area (Å²) in [6.07, 6.45) is 14.0. The molecular formula is C22H22. The summed E-state index contributed by atoms with van der Waals surface area (Å²) in [5.74, 6) is 0. The molecule has 0 fully saturated rings. The fourth-order valence-corrected chi connectivity index (χ4v) is 2.29. The summed E-state index contributed by atoms with van der Waals surface area (Å²) in [5.41, 5.74) is 4.10. The molecule has 0 aromatic heterocycles. The van der Waals surface area contributed by atoms with E-state index < -0.39 is 0 Å². The zero-order chi connectivity index (χ0) is 15.5. The standard InChI is InChI=1S/C22H22/c1-2-3-4-5-8-17-22(18-20-13-9-6-10-14-20)19-21-15-11-7-12-16-21/h2-17H,1,18-19H2. The molecular weight excluding hydrogens is 264 g/mol. The molecule has 0 nitrogen and oxygen atoms in total. The molecule has 0 saturated heterocycles. The van der Waals surface area contributed by atoms with E-state index >= 15 is 0 Å². The van der Waals surface area contributed by atoms with Crippen molar-refractivity contribution < 1.29 is 0 Å². The molecule has 0 aliphatic heterocycles. The summed E-state index contributed by atoms with van der Waals surface area (Å²) in [7, 11) is 0. The highest BCUT2D eigenvalue weighted by molar-refractivity contribution is 5.30. The molecule has 0 spiro atoms. The Bertz CT molecular complexity index is 599. The maximum Gasteiger partial charge on any atom is -0.00607 e. The van der Waals surface area contributed by atoms with Gasteiger partial charge in [-0.25, -0.2) is 0 Å². The van der Waals surface area contributed by atoms with Crippen molar-refractivity contribution >= 4 is 0 Å². The number of allylic oxidation sites excluding steroid dienone is 7. The highest BCUT2D eigenvalue weighted by Gasteiger charge is 2.01. The van der Waals surface area contributed by atoms with Gasteiger partial charge in [0.1, 0.15) is 0 Å². The molecule has 0 heteroatoms. The number of benzene rings is 2. The van der Waals surface area contributed by atoms with Crippen LogP contribution in [0, 0.1) is 0 Å². The number of rotatable bonds is 7. The van der Waals surface area contributed by atoms with Crippen molar-refractivity contribution in [2.24, 2.45) is 0 Å². The third-order valence-electron chi connectivity index (χ3n) is 3.35. The number of hydrogen-bond acceptors (Lipinski definition) is 0. The van der Waals surface area contributed by atoms with E-state index in [1.807, 2.05) is 18.2 Å². The zero-order valence-electron chi connectivity index (χ0n) is 12.9. The Kier molecular flexibility index (Phi) is 6.71. The van der Waals surface area contributed by atoms with Crippen LogP contribution in [-0.4, -0.2) is 0 Å². The van der Waals surface area contributed by atoms with Crippen LogP contribution in [0.4, 0.5) is 0 Å². The van der Waals surface area contributed by atoms with E-state index in [4.69, 9.17) is 0 Å². The molecule has 0 heterocycles. The minimum Gasteiger partial charge on any atom is -0.0991 e. The molecule has 2 aromatic carbocycles.